The lowest BCUT2D eigenvalue weighted by Gasteiger charge is -2.30. The van der Waals surface area contributed by atoms with E-state index < -0.39 is 10.0 Å². The number of carbonyl (C=O) groups is 2. The maximum absolute atomic E-state index is 12.8. The zero-order valence-corrected chi connectivity index (χ0v) is 18.3. The van der Waals surface area contributed by atoms with Crippen LogP contribution in [0.15, 0.2) is 53.7 Å². The van der Waals surface area contributed by atoms with Crippen LogP contribution in [0.1, 0.15) is 30.4 Å². The monoisotopic (exact) mass is 455 g/mol. The van der Waals surface area contributed by atoms with Gasteiger partial charge in [-0.15, -0.1) is 0 Å². The van der Waals surface area contributed by atoms with Crippen molar-refractivity contribution in [1.29, 1.82) is 5.26 Å². The van der Waals surface area contributed by atoms with Gasteiger partial charge < -0.3 is 10.6 Å². The lowest BCUT2D eigenvalue weighted by molar-refractivity contribution is -0.126. The van der Waals surface area contributed by atoms with Crippen LogP contribution in [0.25, 0.3) is 0 Å². The summed E-state index contributed by atoms with van der Waals surface area (Å²) >= 11 is 0. The Morgan fingerprint density at radius 1 is 1.06 bits per heavy atom. The maximum Gasteiger partial charge on any atom is 0.243 e. The Hall–Kier alpha value is -3.29. The van der Waals surface area contributed by atoms with Crippen molar-refractivity contribution in [3.8, 4) is 6.07 Å². The summed E-state index contributed by atoms with van der Waals surface area (Å²) in [4.78, 5) is 28.4. The van der Waals surface area contributed by atoms with Crippen molar-refractivity contribution in [2.45, 2.75) is 30.7 Å². The third-order valence-corrected chi connectivity index (χ3v) is 7.25. The molecule has 9 nitrogen and oxygen atoms in total. The normalized spacial score (nSPS) is 15.0. The highest BCUT2D eigenvalue weighted by molar-refractivity contribution is 7.89. The fraction of sp³-hybridized carbons (Fsp3) is 0.364. The predicted molar refractivity (Wildman–Crippen MR) is 116 cm³/mol. The minimum Gasteiger partial charge on any atom is -0.355 e. The van der Waals surface area contributed by atoms with Gasteiger partial charge in [0, 0.05) is 50.9 Å². The largest absolute Gasteiger partial charge is 0.355 e. The molecular weight excluding hydrogens is 430 g/mol. The number of amides is 2. The summed E-state index contributed by atoms with van der Waals surface area (Å²) in [7, 11) is -3.66. The van der Waals surface area contributed by atoms with Gasteiger partial charge in [-0.05, 0) is 54.8 Å². The Bertz CT molecular complexity index is 1070. The molecule has 0 aliphatic carbocycles. The average Bonchev–Trinajstić information content (AvgIpc) is 2.83. The topological polar surface area (TPSA) is 132 Å². The van der Waals surface area contributed by atoms with Crippen LogP contribution in [0, 0.1) is 17.2 Å². The average molecular weight is 456 g/mol. The Morgan fingerprint density at radius 2 is 1.72 bits per heavy atom. The lowest BCUT2D eigenvalue weighted by Crippen LogP contribution is -2.43. The summed E-state index contributed by atoms with van der Waals surface area (Å²) < 4.78 is 26.9. The molecule has 0 atom stereocenters. The molecule has 10 heteroatoms. The van der Waals surface area contributed by atoms with Gasteiger partial charge in [-0.25, -0.2) is 8.42 Å². The van der Waals surface area contributed by atoms with Gasteiger partial charge in [0.25, 0.3) is 0 Å². The first kappa shape index (κ1) is 23.4. The summed E-state index contributed by atoms with van der Waals surface area (Å²) in [6, 6.07) is 11.4. The van der Waals surface area contributed by atoms with Crippen molar-refractivity contribution in [1.82, 2.24) is 19.9 Å². The van der Waals surface area contributed by atoms with Gasteiger partial charge in [0.05, 0.1) is 16.5 Å². The quantitative estimate of drug-likeness (QED) is 0.614. The van der Waals surface area contributed by atoms with Crippen LogP contribution in [-0.2, 0) is 26.2 Å². The molecule has 2 N–H and O–H groups in total. The van der Waals surface area contributed by atoms with Crippen molar-refractivity contribution in [3.05, 3.63) is 59.9 Å². The van der Waals surface area contributed by atoms with Crippen LogP contribution in [0.4, 0.5) is 0 Å². The molecule has 168 valence electrons. The van der Waals surface area contributed by atoms with Crippen molar-refractivity contribution in [3.63, 3.8) is 0 Å². The minimum absolute atomic E-state index is 0.136. The van der Waals surface area contributed by atoms with Crippen LogP contribution in [-0.4, -0.2) is 49.2 Å². The zero-order valence-electron chi connectivity index (χ0n) is 17.5. The molecule has 0 spiro atoms. The zero-order chi connectivity index (χ0) is 23.0. The number of rotatable bonds is 8. The summed E-state index contributed by atoms with van der Waals surface area (Å²) in [6.45, 7) is 1.12. The fourth-order valence-corrected chi connectivity index (χ4v) is 4.91. The van der Waals surface area contributed by atoms with Crippen molar-refractivity contribution < 1.29 is 18.0 Å². The van der Waals surface area contributed by atoms with Gasteiger partial charge in [0.1, 0.15) is 0 Å². The van der Waals surface area contributed by atoms with Crippen LogP contribution in [0.5, 0.6) is 0 Å². The SMILES string of the molecule is N#Cc1ccc(S(=O)(=O)N2CCC(C(=O)NCCC(=O)NCc3ccncc3)CC2)cc1. The molecule has 2 amide bonds. The van der Waals surface area contributed by atoms with Crippen LogP contribution in [0.2, 0.25) is 0 Å². The number of piperidine rings is 1. The molecule has 1 aliphatic rings. The Morgan fingerprint density at radius 3 is 2.34 bits per heavy atom. The second-order valence-electron chi connectivity index (χ2n) is 7.49. The number of aromatic nitrogens is 1. The Balaban J connectivity index is 1.40. The Kier molecular flexibility index (Phi) is 7.92. The van der Waals surface area contributed by atoms with E-state index in [4.69, 9.17) is 5.26 Å². The lowest BCUT2D eigenvalue weighted by atomic mass is 9.97. The van der Waals surface area contributed by atoms with Crippen LogP contribution >= 0.6 is 0 Å². The number of sulfonamides is 1. The molecule has 1 aliphatic heterocycles. The number of pyridine rings is 1. The van der Waals surface area contributed by atoms with E-state index in [1.165, 1.54) is 28.6 Å². The summed E-state index contributed by atoms with van der Waals surface area (Å²) in [5, 5.41) is 14.4. The first-order valence-electron chi connectivity index (χ1n) is 10.3. The van der Waals surface area contributed by atoms with E-state index in [1.807, 2.05) is 18.2 Å². The van der Waals surface area contributed by atoms with E-state index in [1.54, 1.807) is 12.4 Å². The fourth-order valence-electron chi connectivity index (χ4n) is 3.44. The molecule has 32 heavy (non-hydrogen) atoms. The van der Waals surface area contributed by atoms with E-state index in [0.29, 0.717) is 24.9 Å². The van der Waals surface area contributed by atoms with Crippen molar-refractivity contribution in [2.24, 2.45) is 5.92 Å². The van der Waals surface area contributed by atoms with E-state index in [-0.39, 0.29) is 48.7 Å². The van der Waals surface area contributed by atoms with Gasteiger partial charge in [0.2, 0.25) is 21.8 Å². The van der Waals surface area contributed by atoms with Gasteiger partial charge in [0.15, 0.2) is 0 Å². The maximum atomic E-state index is 12.8. The smallest absolute Gasteiger partial charge is 0.243 e. The molecule has 0 unspecified atom stereocenters. The number of benzene rings is 1. The number of nitrogens with one attached hydrogen (secondary N) is 2. The molecule has 2 aromatic rings. The standard InChI is InChI=1S/C22H25N5O4S/c23-15-17-1-3-20(4-2-17)32(30,31)27-13-8-19(9-14-27)22(29)25-12-7-21(28)26-16-18-5-10-24-11-6-18/h1-6,10-11,19H,7-9,12-14,16H2,(H,25,29)(H,26,28). The first-order valence-corrected chi connectivity index (χ1v) is 11.8. The third kappa shape index (κ3) is 6.12. The Labute approximate surface area is 187 Å². The number of nitriles is 1. The van der Waals surface area contributed by atoms with Crippen LogP contribution < -0.4 is 10.6 Å². The molecule has 2 heterocycles. The van der Waals surface area contributed by atoms with Gasteiger partial charge in [-0.1, -0.05) is 0 Å². The van der Waals surface area contributed by atoms with Gasteiger partial charge >= 0.3 is 0 Å². The first-order chi connectivity index (χ1) is 15.4. The molecule has 0 saturated carbocycles. The second kappa shape index (κ2) is 10.8. The summed E-state index contributed by atoms with van der Waals surface area (Å²) in [5.41, 5.74) is 1.34. The summed E-state index contributed by atoms with van der Waals surface area (Å²) in [5.74, 6) is -0.616. The van der Waals surface area contributed by atoms with E-state index >= 15 is 0 Å². The summed E-state index contributed by atoms with van der Waals surface area (Å²) in [6.07, 6.45) is 4.30. The molecule has 0 bridgehead atoms. The second-order valence-corrected chi connectivity index (χ2v) is 9.43. The molecule has 1 saturated heterocycles. The molecule has 3 rings (SSSR count). The van der Waals surface area contributed by atoms with Gasteiger partial charge in [-0.3, -0.25) is 14.6 Å². The highest BCUT2D eigenvalue weighted by Gasteiger charge is 2.32. The van der Waals surface area contributed by atoms with E-state index in [0.717, 1.165) is 5.56 Å². The number of nitrogens with zero attached hydrogens (tertiary/aromatic N) is 3. The molecule has 1 fully saturated rings. The van der Waals surface area contributed by atoms with Crippen molar-refractivity contribution in [2.75, 3.05) is 19.6 Å². The molecule has 1 aromatic carbocycles. The molecule has 0 radical (unpaired) electrons. The minimum atomic E-state index is -3.66. The molecule has 1 aromatic heterocycles. The highest BCUT2D eigenvalue weighted by atomic mass is 32.2. The number of hydrogen-bond donors (Lipinski definition) is 2. The predicted octanol–water partition coefficient (Wildman–Crippen LogP) is 1.18. The van der Waals surface area contributed by atoms with Crippen molar-refractivity contribution >= 4 is 21.8 Å². The van der Waals surface area contributed by atoms with E-state index in [2.05, 4.69) is 15.6 Å². The third-order valence-electron chi connectivity index (χ3n) is 5.34. The highest BCUT2D eigenvalue weighted by Crippen LogP contribution is 2.24. The molecular formula is C22H25N5O4S. The van der Waals surface area contributed by atoms with Crippen LogP contribution in [0.3, 0.4) is 0 Å². The number of carbonyl (C=O) groups excluding carboxylic acids is 2. The van der Waals surface area contributed by atoms with Gasteiger partial charge in [-0.2, -0.15) is 9.57 Å². The number of hydrogen-bond acceptors (Lipinski definition) is 6. The van der Waals surface area contributed by atoms with E-state index in [9.17, 15) is 18.0 Å².